The Hall–Kier alpha value is -1.89. The minimum Gasteiger partial charge on any atom is -0.352 e. The van der Waals surface area contributed by atoms with Crippen molar-refractivity contribution in [1.82, 2.24) is 9.62 Å². The zero-order valence-corrected chi connectivity index (χ0v) is 15.9. The van der Waals surface area contributed by atoms with E-state index in [1.807, 2.05) is 24.3 Å². The van der Waals surface area contributed by atoms with Crippen molar-refractivity contribution in [2.75, 3.05) is 19.6 Å². The second-order valence-electron chi connectivity index (χ2n) is 6.27. The Labute approximate surface area is 159 Å². The Morgan fingerprint density at radius 3 is 2.46 bits per heavy atom. The third-order valence-corrected chi connectivity index (χ3v) is 6.56. The van der Waals surface area contributed by atoms with E-state index in [-0.39, 0.29) is 10.8 Å². The van der Waals surface area contributed by atoms with Crippen LogP contribution >= 0.6 is 11.6 Å². The second-order valence-corrected chi connectivity index (χ2v) is 8.65. The van der Waals surface area contributed by atoms with E-state index < -0.39 is 10.0 Å². The molecule has 0 saturated carbocycles. The highest BCUT2D eigenvalue weighted by Gasteiger charge is 2.27. The summed E-state index contributed by atoms with van der Waals surface area (Å²) in [7, 11) is -3.52. The van der Waals surface area contributed by atoms with Gasteiger partial charge in [0, 0.05) is 30.2 Å². The van der Waals surface area contributed by atoms with Crippen LogP contribution in [0.25, 0.3) is 0 Å². The van der Waals surface area contributed by atoms with Crippen molar-refractivity contribution in [3.05, 3.63) is 64.7 Å². The first-order valence-electron chi connectivity index (χ1n) is 8.60. The molecule has 2 aromatic rings. The number of carbonyl (C=O) groups is 1. The van der Waals surface area contributed by atoms with Crippen LogP contribution < -0.4 is 5.32 Å². The Kier molecular flexibility index (Phi) is 5.96. The lowest BCUT2D eigenvalue weighted by molar-refractivity contribution is 0.0954. The molecule has 1 heterocycles. The highest BCUT2D eigenvalue weighted by Crippen LogP contribution is 2.21. The van der Waals surface area contributed by atoms with E-state index in [1.165, 1.54) is 16.4 Å². The van der Waals surface area contributed by atoms with Crippen LogP contribution in [0, 0.1) is 0 Å². The molecule has 1 aliphatic rings. The number of hydrogen-bond acceptors (Lipinski definition) is 3. The number of hydrogen-bond donors (Lipinski definition) is 1. The normalized spacial score (nSPS) is 15.1. The molecule has 7 heteroatoms. The smallest absolute Gasteiger partial charge is 0.251 e. The van der Waals surface area contributed by atoms with E-state index >= 15 is 0 Å². The minimum absolute atomic E-state index is 0.171. The van der Waals surface area contributed by atoms with Crippen molar-refractivity contribution in [1.29, 1.82) is 0 Å². The van der Waals surface area contributed by atoms with Gasteiger partial charge in [0.2, 0.25) is 10.0 Å². The van der Waals surface area contributed by atoms with Crippen LogP contribution in [0.4, 0.5) is 0 Å². The Morgan fingerprint density at radius 2 is 1.77 bits per heavy atom. The van der Waals surface area contributed by atoms with E-state index in [4.69, 9.17) is 11.6 Å². The largest absolute Gasteiger partial charge is 0.352 e. The molecule has 1 fully saturated rings. The molecule has 0 radical (unpaired) electrons. The molecule has 138 valence electrons. The minimum atomic E-state index is -3.52. The van der Waals surface area contributed by atoms with Crippen LogP contribution in [0.1, 0.15) is 28.8 Å². The third kappa shape index (κ3) is 4.44. The zero-order chi connectivity index (χ0) is 18.6. The van der Waals surface area contributed by atoms with Crippen LogP contribution in [-0.4, -0.2) is 38.3 Å². The zero-order valence-electron chi connectivity index (χ0n) is 14.3. The topological polar surface area (TPSA) is 66.5 Å². The van der Waals surface area contributed by atoms with Gasteiger partial charge >= 0.3 is 0 Å². The van der Waals surface area contributed by atoms with Gasteiger partial charge in [0.05, 0.1) is 4.90 Å². The highest BCUT2D eigenvalue weighted by molar-refractivity contribution is 7.89. The van der Waals surface area contributed by atoms with Gasteiger partial charge in [-0.1, -0.05) is 29.8 Å². The van der Waals surface area contributed by atoms with Gasteiger partial charge < -0.3 is 5.32 Å². The first-order valence-corrected chi connectivity index (χ1v) is 10.4. The summed E-state index contributed by atoms with van der Waals surface area (Å²) >= 11 is 5.85. The lowest BCUT2D eigenvalue weighted by Gasteiger charge is -2.16. The average molecular weight is 393 g/mol. The second kappa shape index (κ2) is 8.20. The van der Waals surface area contributed by atoms with Crippen molar-refractivity contribution >= 4 is 27.5 Å². The van der Waals surface area contributed by atoms with Crippen LogP contribution in [0.5, 0.6) is 0 Å². The molecular weight excluding hydrogens is 372 g/mol. The summed E-state index contributed by atoms with van der Waals surface area (Å²) in [5.74, 6) is -0.280. The molecule has 0 bridgehead atoms. The molecule has 2 aromatic carbocycles. The summed E-state index contributed by atoms with van der Waals surface area (Å²) in [5, 5.41) is 3.50. The number of amides is 1. The molecule has 1 aliphatic heterocycles. The predicted octanol–water partition coefficient (Wildman–Crippen LogP) is 3.10. The molecule has 0 aliphatic carbocycles. The molecule has 0 atom stereocenters. The third-order valence-electron chi connectivity index (χ3n) is 4.41. The van der Waals surface area contributed by atoms with Crippen LogP contribution in [-0.2, 0) is 16.4 Å². The SMILES string of the molecule is O=C(NCCc1ccc(Cl)cc1)c1cccc(S(=O)(=O)N2CCCC2)c1. The van der Waals surface area contributed by atoms with Gasteiger partial charge in [-0.25, -0.2) is 8.42 Å². The van der Waals surface area contributed by atoms with Crippen LogP contribution in [0.3, 0.4) is 0 Å². The Balaban J connectivity index is 1.63. The molecule has 0 spiro atoms. The van der Waals surface area contributed by atoms with E-state index in [9.17, 15) is 13.2 Å². The fourth-order valence-electron chi connectivity index (χ4n) is 2.95. The average Bonchev–Trinajstić information content (AvgIpc) is 3.19. The molecule has 0 unspecified atom stereocenters. The van der Waals surface area contributed by atoms with Gasteiger partial charge in [0.15, 0.2) is 0 Å². The summed E-state index contributed by atoms with van der Waals surface area (Å²) in [6, 6.07) is 13.7. The number of nitrogens with zero attached hydrogens (tertiary/aromatic N) is 1. The number of rotatable bonds is 6. The van der Waals surface area contributed by atoms with Crippen molar-refractivity contribution in [2.24, 2.45) is 0 Å². The van der Waals surface area contributed by atoms with Crippen molar-refractivity contribution in [3.63, 3.8) is 0 Å². The van der Waals surface area contributed by atoms with Crippen molar-refractivity contribution in [3.8, 4) is 0 Å². The predicted molar refractivity (Wildman–Crippen MR) is 102 cm³/mol. The monoisotopic (exact) mass is 392 g/mol. The molecule has 0 aromatic heterocycles. The van der Waals surface area contributed by atoms with Gasteiger partial charge in [-0.15, -0.1) is 0 Å². The standard InChI is InChI=1S/C19H21ClN2O3S/c20-17-8-6-15(7-9-17)10-11-21-19(23)16-4-3-5-18(14-16)26(24,25)22-12-1-2-13-22/h3-9,14H,1-2,10-13H2,(H,21,23). The molecule has 26 heavy (non-hydrogen) atoms. The number of carbonyl (C=O) groups excluding carboxylic acids is 1. The summed E-state index contributed by atoms with van der Waals surface area (Å²) < 4.78 is 26.7. The quantitative estimate of drug-likeness (QED) is 0.821. The van der Waals surface area contributed by atoms with Gasteiger partial charge in [0.25, 0.3) is 5.91 Å². The van der Waals surface area contributed by atoms with Crippen LogP contribution in [0.2, 0.25) is 5.02 Å². The fourth-order valence-corrected chi connectivity index (χ4v) is 4.64. The summed E-state index contributed by atoms with van der Waals surface area (Å²) in [6.07, 6.45) is 2.43. The molecule has 1 amide bonds. The maximum absolute atomic E-state index is 12.6. The molecule has 5 nitrogen and oxygen atoms in total. The van der Waals surface area contributed by atoms with Gasteiger partial charge in [0.1, 0.15) is 0 Å². The molecule has 1 N–H and O–H groups in total. The Morgan fingerprint density at radius 1 is 1.08 bits per heavy atom. The van der Waals surface area contributed by atoms with E-state index in [0.717, 1.165) is 18.4 Å². The van der Waals surface area contributed by atoms with Gasteiger partial charge in [-0.05, 0) is 55.2 Å². The first-order chi connectivity index (χ1) is 12.5. The maximum Gasteiger partial charge on any atom is 0.251 e. The number of benzene rings is 2. The maximum atomic E-state index is 12.6. The van der Waals surface area contributed by atoms with Gasteiger partial charge in [-0.2, -0.15) is 4.31 Å². The van der Waals surface area contributed by atoms with E-state index in [0.29, 0.717) is 36.6 Å². The van der Waals surface area contributed by atoms with E-state index in [2.05, 4.69) is 5.32 Å². The summed E-state index contributed by atoms with van der Waals surface area (Å²) in [5.41, 5.74) is 1.42. The molecule has 3 rings (SSSR count). The molecule has 1 saturated heterocycles. The highest BCUT2D eigenvalue weighted by atomic mass is 35.5. The summed E-state index contributed by atoms with van der Waals surface area (Å²) in [4.78, 5) is 12.5. The first kappa shape index (κ1) is 18.9. The lowest BCUT2D eigenvalue weighted by atomic mass is 10.1. The number of sulfonamides is 1. The van der Waals surface area contributed by atoms with Crippen LogP contribution in [0.15, 0.2) is 53.4 Å². The molecular formula is C19H21ClN2O3S. The number of nitrogens with one attached hydrogen (secondary N) is 1. The van der Waals surface area contributed by atoms with Gasteiger partial charge in [-0.3, -0.25) is 4.79 Å². The summed E-state index contributed by atoms with van der Waals surface area (Å²) in [6.45, 7) is 1.54. The van der Waals surface area contributed by atoms with Crippen molar-refractivity contribution in [2.45, 2.75) is 24.2 Å². The number of halogens is 1. The van der Waals surface area contributed by atoms with Crippen molar-refractivity contribution < 1.29 is 13.2 Å². The Bertz CT molecular complexity index is 876. The lowest BCUT2D eigenvalue weighted by Crippen LogP contribution is -2.29. The van der Waals surface area contributed by atoms with E-state index in [1.54, 1.807) is 12.1 Å². The fraction of sp³-hybridized carbons (Fsp3) is 0.316.